The van der Waals surface area contributed by atoms with Gasteiger partial charge in [0.2, 0.25) is 0 Å². The normalized spacial score (nSPS) is 10.9. The van der Waals surface area contributed by atoms with Crippen LogP contribution in [-0.2, 0) is 6.42 Å². The quantitative estimate of drug-likeness (QED) is 0.677. The largest absolute Gasteiger partial charge is 0.297 e. The van der Waals surface area contributed by atoms with Crippen molar-refractivity contribution in [2.45, 2.75) is 13.3 Å². The van der Waals surface area contributed by atoms with Crippen LogP contribution in [0.5, 0.6) is 0 Å². The Morgan fingerprint density at radius 3 is 3.17 bits per heavy atom. The molecule has 0 spiro atoms. The molecule has 0 aliphatic rings. The fourth-order valence-corrected chi connectivity index (χ4v) is 2.63. The van der Waals surface area contributed by atoms with Gasteiger partial charge >= 0.3 is 0 Å². The lowest BCUT2D eigenvalue weighted by Gasteiger charge is -2.01. The average molecular weight is 257 g/mol. The van der Waals surface area contributed by atoms with Crippen molar-refractivity contribution in [1.82, 2.24) is 14.4 Å². The molecule has 5 heteroatoms. The minimum Gasteiger partial charge on any atom is -0.297 e. The van der Waals surface area contributed by atoms with E-state index in [9.17, 15) is 4.79 Å². The Balaban J connectivity index is 1.87. The van der Waals surface area contributed by atoms with E-state index in [0.717, 1.165) is 21.8 Å². The van der Waals surface area contributed by atoms with Gasteiger partial charge in [0.05, 0.1) is 12.1 Å². The maximum absolute atomic E-state index is 12.2. The van der Waals surface area contributed by atoms with E-state index >= 15 is 0 Å². The molecule has 0 aromatic carbocycles. The number of imidazole rings is 1. The molecule has 0 fully saturated rings. The zero-order chi connectivity index (χ0) is 12.5. The van der Waals surface area contributed by atoms with Gasteiger partial charge in [-0.2, -0.15) is 0 Å². The third-order valence-corrected chi connectivity index (χ3v) is 3.58. The Kier molecular flexibility index (Phi) is 2.68. The third kappa shape index (κ3) is 1.93. The summed E-state index contributed by atoms with van der Waals surface area (Å²) in [4.78, 5) is 21.5. The summed E-state index contributed by atoms with van der Waals surface area (Å²) in [5.41, 5.74) is 2.44. The van der Waals surface area contributed by atoms with Crippen molar-refractivity contribution in [2.75, 3.05) is 0 Å². The van der Waals surface area contributed by atoms with Crippen LogP contribution in [0.2, 0.25) is 0 Å². The van der Waals surface area contributed by atoms with Gasteiger partial charge in [-0.3, -0.25) is 14.2 Å². The minimum absolute atomic E-state index is 0.0839. The molecule has 90 valence electrons. The first-order valence-corrected chi connectivity index (χ1v) is 6.47. The van der Waals surface area contributed by atoms with Crippen LogP contribution in [-0.4, -0.2) is 20.2 Å². The van der Waals surface area contributed by atoms with Crippen LogP contribution in [0.3, 0.4) is 0 Å². The number of ketones is 1. The molecule has 0 aliphatic carbocycles. The highest BCUT2D eigenvalue weighted by atomic mass is 32.1. The van der Waals surface area contributed by atoms with Gasteiger partial charge in [-0.15, -0.1) is 11.3 Å². The van der Waals surface area contributed by atoms with Gasteiger partial charge in [0.15, 0.2) is 10.7 Å². The van der Waals surface area contributed by atoms with Crippen molar-refractivity contribution in [2.24, 2.45) is 0 Å². The van der Waals surface area contributed by atoms with Crippen molar-refractivity contribution in [1.29, 1.82) is 0 Å². The molecule has 3 aromatic heterocycles. The lowest BCUT2D eigenvalue weighted by Crippen LogP contribution is -2.06. The summed E-state index contributed by atoms with van der Waals surface area (Å²) < 4.78 is 1.94. The van der Waals surface area contributed by atoms with E-state index < -0.39 is 0 Å². The van der Waals surface area contributed by atoms with E-state index in [0.29, 0.717) is 6.42 Å². The zero-order valence-electron chi connectivity index (χ0n) is 9.83. The lowest BCUT2D eigenvalue weighted by molar-refractivity contribution is 0.0991. The number of fused-ring (bicyclic) bond motifs is 1. The van der Waals surface area contributed by atoms with Crippen molar-refractivity contribution >= 4 is 22.1 Å². The first kappa shape index (κ1) is 11.1. The third-order valence-electron chi connectivity index (χ3n) is 2.81. The second-order valence-corrected chi connectivity index (χ2v) is 4.99. The van der Waals surface area contributed by atoms with Gasteiger partial charge in [-0.1, -0.05) is 0 Å². The van der Waals surface area contributed by atoms with Crippen molar-refractivity contribution < 1.29 is 4.79 Å². The molecule has 3 rings (SSSR count). The molecule has 18 heavy (non-hydrogen) atoms. The fourth-order valence-electron chi connectivity index (χ4n) is 1.91. The average Bonchev–Trinajstić information content (AvgIpc) is 2.90. The highest BCUT2D eigenvalue weighted by molar-refractivity contribution is 7.15. The monoisotopic (exact) mass is 257 g/mol. The number of hydrogen-bond acceptors (Lipinski definition) is 4. The van der Waals surface area contributed by atoms with Crippen molar-refractivity contribution in [3.63, 3.8) is 0 Å². The zero-order valence-corrected chi connectivity index (χ0v) is 10.6. The van der Waals surface area contributed by atoms with Gasteiger partial charge in [-0.25, -0.2) is 4.98 Å². The molecular formula is C13H11N3OS. The molecule has 0 amide bonds. The van der Waals surface area contributed by atoms with Gasteiger partial charge in [0.1, 0.15) is 0 Å². The first-order chi connectivity index (χ1) is 8.74. The van der Waals surface area contributed by atoms with Crippen molar-refractivity contribution in [3.05, 3.63) is 53.1 Å². The number of rotatable bonds is 3. The highest BCUT2D eigenvalue weighted by Gasteiger charge is 2.12. The molecule has 4 nitrogen and oxygen atoms in total. The van der Waals surface area contributed by atoms with E-state index in [4.69, 9.17) is 0 Å². The van der Waals surface area contributed by atoms with Crippen molar-refractivity contribution in [3.8, 4) is 0 Å². The van der Waals surface area contributed by atoms with Gasteiger partial charge in [0.25, 0.3) is 0 Å². The maximum Gasteiger partial charge on any atom is 0.193 e. The Morgan fingerprint density at radius 2 is 2.39 bits per heavy atom. The standard InChI is InChI=1S/C13H11N3OS/c1-9-7-14-3-2-11(9)12(17)6-10-8-16-4-5-18-13(16)15-10/h2-5,7-8H,6H2,1H3. The topological polar surface area (TPSA) is 47.3 Å². The molecule has 3 aromatic rings. The molecule has 0 saturated carbocycles. The number of nitrogens with zero attached hydrogens (tertiary/aromatic N) is 3. The number of thiazole rings is 1. The van der Waals surface area contributed by atoms with Crippen LogP contribution >= 0.6 is 11.3 Å². The first-order valence-electron chi connectivity index (χ1n) is 5.59. The molecule has 0 radical (unpaired) electrons. The molecule has 0 bridgehead atoms. The number of hydrogen-bond donors (Lipinski definition) is 0. The highest BCUT2D eigenvalue weighted by Crippen LogP contribution is 2.14. The number of carbonyl (C=O) groups excluding carboxylic acids is 1. The smallest absolute Gasteiger partial charge is 0.193 e. The molecule has 0 saturated heterocycles. The summed E-state index contributed by atoms with van der Waals surface area (Å²) in [7, 11) is 0. The number of aryl methyl sites for hydroxylation is 1. The maximum atomic E-state index is 12.2. The summed E-state index contributed by atoms with van der Waals surface area (Å²) in [5.74, 6) is 0.0839. The molecular weight excluding hydrogens is 246 g/mol. The second-order valence-electron chi connectivity index (χ2n) is 4.12. The molecule has 0 aliphatic heterocycles. The summed E-state index contributed by atoms with van der Waals surface area (Å²) >= 11 is 1.56. The van der Waals surface area contributed by atoms with Crippen LogP contribution in [0.25, 0.3) is 4.96 Å². The Morgan fingerprint density at radius 1 is 1.50 bits per heavy atom. The molecule has 3 heterocycles. The second kappa shape index (κ2) is 4.34. The summed E-state index contributed by atoms with van der Waals surface area (Å²) in [6.45, 7) is 1.89. The van der Waals surface area contributed by atoms with Crippen LogP contribution in [0.1, 0.15) is 21.6 Å². The fraction of sp³-hybridized carbons (Fsp3) is 0.154. The molecule has 0 N–H and O–H groups in total. The SMILES string of the molecule is Cc1cnccc1C(=O)Cc1cn2ccsc2n1. The van der Waals surface area contributed by atoms with Gasteiger partial charge in [0, 0.05) is 35.7 Å². The predicted octanol–water partition coefficient (Wildman–Crippen LogP) is 2.52. The van der Waals surface area contributed by atoms with Gasteiger partial charge < -0.3 is 0 Å². The number of aromatic nitrogens is 3. The molecule has 0 atom stereocenters. The summed E-state index contributed by atoms with van der Waals surface area (Å²) in [5, 5.41) is 1.97. The summed E-state index contributed by atoms with van der Waals surface area (Å²) in [6.07, 6.45) is 7.53. The Bertz CT molecular complexity index is 685. The summed E-state index contributed by atoms with van der Waals surface area (Å²) in [6, 6.07) is 1.76. The van der Waals surface area contributed by atoms with Crippen LogP contribution in [0, 0.1) is 6.92 Å². The van der Waals surface area contributed by atoms with Crippen LogP contribution in [0.4, 0.5) is 0 Å². The van der Waals surface area contributed by atoms with E-state index in [1.165, 1.54) is 0 Å². The minimum atomic E-state index is 0.0839. The number of carbonyl (C=O) groups is 1. The van der Waals surface area contributed by atoms with E-state index in [1.54, 1.807) is 29.8 Å². The Labute approximate surface area is 108 Å². The van der Waals surface area contributed by atoms with Crippen LogP contribution in [0.15, 0.2) is 36.2 Å². The number of Topliss-reactive ketones (excluding diaryl/α,β-unsaturated/α-hetero) is 1. The Hall–Kier alpha value is -2.01. The van der Waals surface area contributed by atoms with E-state index in [-0.39, 0.29) is 5.78 Å². The van der Waals surface area contributed by atoms with E-state index in [2.05, 4.69) is 9.97 Å². The number of pyridine rings is 1. The lowest BCUT2D eigenvalue weighted by atomic mass is 10.0. The van der Waals surface area contributed by atoms with Crippen LogP contribution < -0.4 is 0 Å². The predicted molar refractivity (Wildman–Crippen MR) is 70.1 cm³/mol. The van der Waals surface area contributed by atoms with Gasteiger partial charge in [-0.05, 0) is 18.6 Å². The van der Waals surface area contributed by atoms with E-state index in [1.807, 2.05) is 29.1 Å². The molecule has 0 unspecified atom stereocenters.